The van der Waals surface area contributed by atoms with Crippen LogP contribution in [0.25, 0.3) is 0 Å². The fourth-order valence-electron chi connectivity index (χ4n) is 1.74. The van der Waals surface area contributed by atoms with Gasteiger partial charge in [0.1, 0.15) is 13.2 Å². The topological polar surface area (TPSA) is 105 Å². The van der Waals surface area contributed by atoms with Crippen LogP contribution in [0, 0.1) is 11.3 Å². The first-order chi connectivity index (χ1) is 7.88. The average molecular weight is 246 g/mol. The molecule has 0 spiro atoms. The molecule has 0 aliphatic carbocycles. The summed E-state index contributed by atoms with van der Waals surface area (Å²) in [6.07, 6.45) is -0.0869. The van der Waals surface area contributed by atoms with Gasteiger partial charge in [0.05, 0.1) is 0 Å². The highest BCUT2D eigenvalue weighted by Gasteiger charge is 2.36. The van der Waals surface area contributed by atoms with Crippen LogP contribution in [0.15, 0.2) is 0 Å². The van der Waals surface area contributed by atoms with Crippen LogP contribution in [0.5, 0.6) is 0 Å². The number of ether oxygens (including phenoxy) is 2. The number of hydrogen-bond donors (Lipinski definition) is 2. The molecular formula is C11H22N2O4. The van der Waals surface area contributed by atoms with E-state index in [4.69, 9.17) is 20.9 Å². The molecule has 0 fully saturated rings. The van der Waals surface area contributed by atoms with E-state index in [0.717, 1.165) is 6.42 Å². The summed E-state index contributed by atoms with van der Waals surface area (Å²) in [4.78, 5) is 21.4. The van der Waals surface area contributed by atoms with Crippen molar-refractivity contribution in [3.63, 3.8) is 0 Å². The van der Waals surface area contributed by atoms with Gasteiger partial charge >= 0.3 is 12.2 Å². The molecular weight excluding hydrogens is 224 g/mol. The Hall–Kier alpha value is -1.46. The van der Waals surface area contributed by atoms with E-state index in [1.165, 1.54) is 0 Å². The third-order valence-electron chi connectivity index (χ3n) is 3.37. The van der Waals surface area contributed by atoms with Gasteiger partial charge in [0.15, 0.2) is 0 Å². The predicted molar refractivity (Wildman–Crippen MR) is 63.2 cm³/mol. The highest BCUT2D eigenvalue weighted by atomic mass is 16.6. The standard InChI is InChI=1S/C11H22N2O4/c1-4-8(3)11(5-2,6-16-9(12)14)7-17-10(13)15/h8H,4-7H2,1-3H3,(H2,12,14)(H2,13,15). The summed E-state index contributed by atoms with van der Waals surface area (Å²) in [7, 11) is 0. The first kappa shape index (κ1) is 15.5. The quantitative estimate of drug-likeness (QED) is 0.712. The molecule has 0 rings (SSSR count). The van der Waals surface area contributed by atoms with Crippen LogP contribution in [0.4, 0.5) is 9.59 Å². The molecule has 6 nitrogen and oxygen atoms in total. The molecule has 17 heavy (non-hydrogen) atoms. The Balaban J connectivity index is 4.73. The van der Waals surface area contributed by atoms with Crippen LogP contribution in [-0.4, -0.2) is 25.4 Å². The minimum absolute atomic E-state index is 0.126. The maximum absolute atomic E-state index is 10.7. The van der Waals surface area contributed by atoms with Crippen LogP contribution in [-0.2, 0) is 9.47 Å². The summed E-state index contributed by atoms with van der Waals surface area (Å²) in [6.45, 7) is 6.23. The minimum Gasteiger partial charge on any atom is -0.449 e. The number of rotatable bonds is 7. The lowest BCUT2D eigenvalue weighted by Crippen LogP contribution is -2.40. The lowest BCUT2D eigenvalue weighted by Gasteiger charge is -2.36. The predicted octanol–water partition coefficient (Wildman–Crippen LogP) is 1.62. The number of amides is 2. The Kier molecular flexibility index (Phi) is 6.38. The van der Waals surface area contributed by atoms with Gasteiger partial charge < -0.3 is 20.9 Å². The number of hydrogen-bond acceptors (Lipinski definition) is 4. The molecule has 0 saturated heterocycles. The fraction of sp³-hybridized carbons (Fsp3) is 0.818. The van der Waals surface area contributed by atoms with Gasteiger partial charge in [-0.1, -0.05) is 27.2 Å². The molecule has 0 heterocycles. The van der Waals surface area contributed by atoms with Crippen molar-refractivity contribution < 1.29 is 19.1 Å². The Morgan fingerprint density at radius 1 is 1.12 bits per heavy atom. The molecule has 1 unspecified atom stereocenters. The van der Waals surface area contributed by atoms with Gasteiger partial charge in [-0.15, -0.1) is 0 Å². The van der Waals surface area contributed by atoms with E-state index in [1.54, 1.807) is 0 Å². The normalized spacial score (nSPS) is 12.9. The first-order valence-electron chi connectivity index (χ1n) is 5.72. The van der Waals surface area contributed by atoms with Gasteiger partial charge in [-0.3, -0.25) is 0 Å². The molecule has 0 aliphatic rings. The molecule has 0 bridgehead atoms. The molecule has 0 aromatic rings. The van der Waals surface area contributed by atoms with E-state index in [1.807, 2.05) is 20.8 Å². The van der Waals surface area contributed by atoms with Crippen LogP contribution in [0.1, 0.15) is 33.6 Å². The second-order valence-electron chi connectivity index (χ2n) is 4.24. The Bertz CT molecular complexity index is 250. The Morgan fingerprint density at radius 2 is 1.53 bits per heavy atom. The van der Waals surface area contributed by atoms with Gasteiger partial charge in [0.25, 0.3) is 0 Å². The molecule has 0 radical (unpaired) electrons. The van der Waals surface area contributed by atoms with Gasteiger partial charge in [0, 0.05) is 5.41 Å². The summed E-state index contributed by atoms with van der Waals surface area (Å²) in [5.74, 6) is 0.214. The molecule has 2 amide bonds. The second kappa shape index (κ2) is 6.98. The Morgan fingerprint density at radius 3 is 1.76 bits per heavy atom. The molecule has 6 heteroatoms. The summed E-state index contributed by atoms with van der Waals surface area (Å²) >= 11 is 0. The smallest absolute Gasteiger partial charge is 0.404 e. The first-order valence-corrected chi connectivity index (χ1v) is 5.72. The lowest BCUT2D eigenvalue weighted by molar-refractivity contribution is -0.00762. The van der Waals surface area contributed by atoms with Crippen molar-refractivity contribution in [1.29, 1.82) is 0 Å². The molecule has 0 aromatic carbocycles. The zero-order chi connectivity index (χ0) is 13.5. The second-order valence-corrected chi connectivity index (χ2v) is 4.24. The average Bonchev–Trinajstić information content (AvgIpc) is 2.28. The van der Waals surface area contributed by atoms with E-state index in [2.05, 4.69) is 0 Å². The molecule has 4 N–H and O–H groups in total. The van der Waals surface area contributed by atoms with Crippen LogP contribution in [0.2, 0.25) is 0 Å². The van der Waals surface area contributed by atoms with Gasteiger partial charge in [-0.05, 0) is 12.3 Å². The molecule has 0 saturated carbocycles. The summed E-state index contributed by atoms with van der Waals surface area (Å²) in [5.41, 5.74) is 9.48. The maximum atomic E-state index is 10.7. The van der Waals surface area contributed by atoms with Gasteiger partial charge in [-0.2, -0.15) is 0 Å². The van der Waals surface area contributed by atoms with Crippen molar-refractivity contribution >= 4 is 12.2 Å². The Labute approximate surface area is 102 Å². The summed E-state index contributed by atoms with van der Waals surface area (Å²) in [6, 6.07) is 0. The van der Waals surface area contributed by atoms with Crippen LogP contribution < -0.4 is 11.5 Å². The molecule has 100 valence electrons. The van der Waals surface area contributed by atoms with Crippen molar-refractivity contribution in [2.45, 2.75) is 33.6 Å². The van der Waals surface area contributed by atoms with E-state index in [0.29, 0.717) is 6.42 Å². The van der Waals surface area contributed by atoms with E-state index in [9.17, 15) is 9.59 Å². The summed E-state index contributed by atoms with van der Waals surface area (Å²) in [5, 5.41) is 0. The number of nitrogens with two attached hydrogens (primary N) is 2. The largest absolute Gasteiger partial charge is 0.449 e. The van der Waals surface area contributed by atoms with Gasteiger partial charge in [0.2, 0.25) is 0 Å². The SMILES string of the molecule is CCC(C)C(CC)(COC(N)=O)COC(N)=O. The monoisotopic (exact) mass is 246 g/mol. The zero-order valence-corrected chi connectivity index (χ0v) is 10.7. The summed E-state index contributed by atoms with van der Waals surface area (Å²) < 4.78 is 9.72. The van der Waals surface area contributed by atoms with Crippen molar-refractivity contribution in [2.75, 3.05) is 13.2 Å². The fourth-order valence-corrected chi connectivity index (χ4v) is 1.74. The third-order valence-corrected chi connectivity index (χ3v) is 3.37. The van der Waals surface area contributed by atoms with Crippen molar-refractivity contribution in [3.8, 4) is 0 Å². The molecule has 0 aromatic heterocycles. The number of carbonyl (C=O) groups is 2. The van der Waals surface area contributed by atoms with Gasteiger partial charge in [-0.25, -0.2) is 9.59 Å². The third kappa shape index (κ3) is 4.93. The highest BCUT2D eigenvalue weighted by Crippen LogP contribution is 2.34. The number of primary amides is 2. The maximum Gasteiger partial charge on any atom is 0.404 e. The van der Waals surface area contributed by atoms with Crippen molar-refractivity contribution in [1.82, 2.24) is 0 Å². The lowest BCUT2D eigenvalue weighted by atomic mass is 9.74. The van der Waals surface area contributed by atoms with Crippen LogP contribution >= 0.6 is 0 Å². The minimum atomic E-state index is -0.829. The van der Waals surface area contributed by atoms with Crippen molar-refractivity contribution in [2.24, 2.45) is 22.8 Å². The van der Waals surface area contributed by atoms with E-state index < -0.39 is 17.6 Å². The van der Waals surface area contributed by atoms with Crippen molar-refractivity contribution in [3.05, 3.63) is 0 Å². The molecule has 0 aliphatic heterocycles. The molecule has 1 atom stereocenters. The van der Waals surface area contributed by atoms with E-state index >= 15 is 0 Å². The zero-order valence-electron chi connectivity index (χ0n) is 10.7. The highest BCUT2D eigenvalue weighted by molar-refractivity contribution is 5.65. The number of carbonyl (C=O) groups excluding carboxylic acids is 2. The van der Waals surface area contributed by atoms with E-state index in [-0.39, 0.29) is 19.1 Å². The van der Waals surface area contributed by atoms with Crippen LogP contribution in [0.3, 0.4) is 0 Å².